The van der Waals surface area contributed by atoms with Crippen LogP contribution in [0.3, 0.4) is 0 Å². The number of aryl methyl sites for hydroxylation is 2. The van der Waals surface area contributed by atoms with Gasteiger partial charge in [-0.2, -0.15) is 0 Å². The van der Waals surface area contributed by atoms with E-state index in [-0.39, 0.29) is 0 Å². The molecule has 6 heteroatoms. The number of thiazole rings is 1. The monoisotopic (exact) mass is 316 g/mol. The summed E-state index contributed by atoms with van der Waals surface area (Å²) in [6, 6.07) is 5.62. The summed E-state index contributed by atoms with van der Waals surface area (Å²) in [4.78, 5) is 17.8. The summed E-state index contributed by atoms with van der Waals surface area (Å²) in [5.41, 5.74) is 3.09. The number of carbonyl (C=O) groups is 1. The Hall–Kier alpha value is -2.34. The standard InChI is InChI=1S/C16H16N2O3S/c1-9-13(8-19)18-15(10(2)22-16(18)17-9)12-7-11(20-3)5-6-14(12)21-4/h5-8H,1-4H3. The highest BCUT2D eigenvalue weighted by Crippen LogP contribution is 2.39. The molecule has 0 radical (unpaired) electrons. The quantitative estimate of drug-likeness (QED) is 0.691. The average Bonchev–Trinajstić information content (AvgIpc) is 2.98. The Morgan fingerprint density at radius 2 is 2.00 bits per heavy atom. The van der Waals surface area contributed by atoms with Gasteiger partial charge in [0.2, 0.25) is 0 Å². The third-order valence-electron chi connectivity index (χ3n) is 3.64. The number of rotatable bonds is 4. The number of fused-ring (bicyclic) bond motifs is 1. The molecule has 0 aliphatic rings. The van der Waals surface area contributed by atoms with Crippen molar-refractivity contribution in [1.29, 1.82) is 0 Å². The molecule has 0 aliphatic heterocycles. The van der Waals surface area contributed by atoms with Crippen LogP contribution in [0.1, 0.15) is 21.1 Å². The van der Waals surface area contributed by atoms with Crippen LogP contribution >= 0.6 is 11.3 Å². The van der Waals surface area contributed by atoms with Crippen LogP contribution in [-0.4, -0.2) is 29.9 Å². The molecule has 1 aromatic carbocycles. The van der Waals surface area contributed by atoms with Crippen LogP contribution in [0.4, 0.5) is 0 Å². The van der Waals surface area contributed by atoms with Crippen LogP contribution in [0, 0.1) is 13.8 Å². The highest BCUT2D eigenvalue weighted by atomic mass is 32.1. The van der Waals surface area contributed by atoms with Crippen LogP contribution in [0.5, 0.6) is 11.5 Å². The van der Waals surface area contributed by atoms with E-state index in [0.717, 1.165) is 44.6 Å². The maximum absolute atomic E-state index is 11.5. The second kappa shape index (κ2) is 5.46. The third-order valence-corrected chi connectivity index (χ3v) is 4.60. The van der Waals surface area contributed by atoms with Crippen molar-refractivity contribution >= 4 is 22.6 Å². The summed E-state index contributed by atoms with van der Waals surface area (Å²) in [7, 11) is 3.25. The van der Waals surface area contributed by atoms with Gasteiger partial charge in [0.25, 0.3) is 0 Å². The van der Waals surface area contributed by atoms with E-state index >= 15 is 0 Å². The lowest BCUT2D eigenvalue weighted by molar-refractivity contribution is 0.111. The van der Waals surface area contributed by atoms with Gasteiger partial charge in [-0.25, -0.2) is 4.98 Å². The van der Waals surface area contributed by atoms with Gasteiger partial charge < -0.3 is 9.47 Å². The Morgan fingerprint density at radius 3 is 2.64 bits per heavy atom. The van der Waals surface area contributed by atoms with Crippen LogP contribution in [0.15, 0.2) is 18.2 Å². The lowest BCUT2D eigenvalue weighted by Gasteiger charge is -2.11. The minimum atomic E-state index is 0.569. The van der Waals surface area contributed by atoms with Crippen molar-refractivity contribution in [3.8, 4) is 22.8 Å². The Morgan fingerprint density at radius 1 is 1.23 bits per heavy atom. The van der Waals surface area contributed by atoms with Crippen molar-refractivity contribution in [3.05, 3.63) is 34.5 Å². The predicted octanol–water partition coefficient (Wildman–Crippen LogP) is 3.51. The maximum Gasteiger partial charge on any atom is 0.195 e. The van der Waals surface area contributed by atoms with Gasteiger partial charge in [0, 0.05) is 10.4 Å². The van der Waals surface area contributed by atoms with E-state index < -0.39 is 0 Å². The lowest BCUT2D eigenvalue weighted by Crippen LogP contribution is -1.97. The van der Waals surface area contributed by atoms with Gasteiger partial charge in [-0.1, -0.05) is 0 Å². The molecular weight excluding hydrogens is 300 g/mol. The van der Waals surface area contributed by atoms with E-state index in [4.69, 9.17) is 9.47 Å². The zero-order valence-corrected chi connectivity index (χ0v) is 13.7. The van der Waals surface area contributed by atoms with E-state index in [1.165, 1.54) is 0 Å². The van der Waals surface area contributed by atoms with E-state index in [0.29, 0.717) is 5.69 Å². The topological polar surface area (TPSA) is 52.8 Å². The molecule has 0 aliphatic carbocycles. The summed E-state index contributed by atoms with van der Waals surface area (Å²) < 4.78 is 12.7. The van der Waals surface area contributed by atoms with Crippen LogP contribution in [0.2, 0.25) is 0 Å². The van der Waals surface area contributed by atoms with Gasteiger partial charge in [0.1, 0.15) is 17.2 Å². The third kappa shape index (κ3) is 2.07. The first-order valence-electron chi connectivity index (χ1n) is 6.76. The number of nitrogens with zero attached hydrogens (tertiary/aromatic N) is 2. The van der Waals surface area contributed by atoms with Crippen molar-refractivity contribution in [2.24, 2.45) is 0 Å². The molecular formula is C16H16N2O3S. The molecule has 3 aromatic rings. The second-order valence-electron chi connectivity index (χ2n) is 4.89. The number of aldehydes is 1. The Kier molecular flexibility index (Phi) is 3.62. The first-order valence-corrected chi connectivity index (χ1v) is 7.58. The molecule has 0 unspecified atom stereocenters. The number of carbonyl (C=O) groups excluding carboxylic acids is 1. The number of ether oxygens (including phenoxy) is 2. The highest BCUT2D eigenvalue weighted by molar-refractivity contribution is 7.17. The fourth-order valence-corrected chi connectivity index (χ4v) is 3.63. The Labute approximate surface area is 132 Å². The molecule has 0 bridgehead atoms. The average molecular weight is 316 g/mol. The Bertz CT molecular complexity index is 864. The molecule has 2 aromatic heterocycles. The zero-order chi connectivity index (χ0) is 15.9. The molecule has 0 fully saturated rings. The van der Waals surface area contributed by atoms with Gasteiger partial charge in [-0.3, -0.25) is 9.20 Å². The number of imidazole rings is 1. The van der Waals surface area contributed by atoms with E-state index in [1.807, 2.05) is 36.4 Å². The molecule has 0 saturated carbocycles. The number of hydrogen-bond acceptors (Lipinski definition) is 5. The molecule has 22 heavy (non-hydrogen) atoms. The maximum atomic E-state index is 11.5. The summed E-state index contributed by atoms with van der Waals surface area (Å²) in [5.74, 6) is 1.46. The molecule has 3 rings (SSSR count). The summed E-state index contributed by atoms with van der Waals surface area (Å²) in [6.45, 7) is 3.85. The highest BCUT2D eigenvalue weighted by Gasteiger charge is 2.20. The van der Waals surface area contributed by atoms with Crippen molar-refractivity contribution in [2.75, 3.05) is 14.2 Å². The van der Waals surface area contributed by atoms with Crippen molar-refractivity contribution in [2.45, 2.75) is 13.8 Å². The number of aromatic nitrogens is 2. The largest absolute Gasteiger partial charge is 0.497 e. The van der Waals surface area contributed by atoms with Gasteiger partial charge in [0.05, 0.1) is 25.6 Å². The summed E-state index contributed by atoms with van der Waals surface area (Å²) >= 11 is 1.55. The molecule has 0 saturated heterocycles. The molecule has 114 valence electrons. The predicted molar refractivity (Wildman–Crippen MR) is 86.5 cm³/mol. The van der Waals surface area contributed by atoms with Crippen molar-refractivity contribution in [3.63, 3.8) is 0 Å². The van der Waals surface area contributed by atoms with Gasteiger partial charge in [0.15, 0.2) is 11.2 Å². The van der Waals surface area contributed by atoms with Crippen LogP contribution in [-0.2, 0) is 0 Å². The molecule has 5 nitrogen and oxygen atoms in total. The fourth-order valence-electron chi connectivity index (χ4n) is 2.59. The smallest absolute Gasteiger partial charge is 0.195 e. The SMILES string of the molecule is COc1ccc(OC)c(-c2c(C)sc3nc(C)c(C=O)n23)c1. The van der Waals surface area contributed by atoms with E-state index in [1.54, 1.807) is 25.6 Å². The zero-order valence-electron chi connectivity index (χ0n) is 12.8. The molecule has 0 amide bonds. The molecule has 0 atom stereocenters. The summed E-state index contributed by atoms with van der Waals surface area (Å²) in [6.07, 6.45) is 0.845. The molecule has 2 heterocycles. The van der Waals surface area contributed by atoms with Gasteiger partial charge in [-0.15, -0.1) is 11.3 Å². The van der Waals surface area contributed by atoms with Gasteiger partial charge in [-0.05, 0) is 32.0 Å². The van der Waals surface area contributed by atoms with E-state index in [2.05, 4.69) is 4.98 Å². The number of hydrogen-bond donors (Lipinski definition) is 0. The minimum Gasteiger partial charge on any atom is -0.497 e. The molecule has 0 spiro atoms. The Balaban J connectivity index is 2.39. The number of benzene rings is 1. The summed E-state index contributed by atoms with van der Waals surface area (Å²) in [5, 5.41) is 0. The molecule has 0 N–H and O–H groups in total. The normalized spacial score (nSPS) is 10.9. The van der Waals surface area contributed by atoms with Crippen LogP contribution in [0.25, 0.3) is 16.2 Å². The first-order chi connectivity index (χ1) is 10.6. The fraction of sp³-hybridized carbons (Fsp3) is 0.250. The first kappa shape index (κ1) is 14.6. The lowest BCUT2D eigenvalue weighted by atomic mass is 10.1. The minimum absolute atomic E-state index is 0.569. The van der Waals surface area contributed by atoms with E-state index in [9.17, 15) is 4.79 Å². The second-order valence-corrected chi connectivity index (χ2v) is 6.07. The number of methoxy groups -OCH3 is 2. The van der Waals surface area contributed by atoms with Crippen LogP contribution < -0.4 is 9.47 Å². The van der Waals surface area contributed by atoms with Crippen molar-refractivity contribution in [1.82, 2.24) is 9.38 Å². The van der Waals surface area contributed by atoms with Gasteiger partial charge >= 0.3 is 0 Å². The van der Waals surface area contributed by atoms with Crippen molar-refractivity contribution < 1.29 is 14.3 Å².